The van der Waals surface area contributed by atoms with E-state index < -0.39 is 5.97 Å². The summed E-state index contributed by atoms with van der Waals surface area (Å²) < 4.78 is 6.97. The number of aromatic nitrogens is 1. The molecule has 0 atom stereocenters. The molecule has 0 saturated carbocycles. The molecule has 0 bridgehead atoms. The zero-order chi connectivity index (χ0) is 20.0. The number of carbonyl (C=O) groups is 2. The second-order valence-electron chi connectivity index (χ2n) is 6.09. The molecule has 0 aliphatic rings. The molecule has 7 nitrogen and oxygen atoms in total. The molecule has 27 heavy (non-hydrogen) atoms. The van der Waals surface area contributed by atoms with Gasteiger partial charge in [-0.25, -0.2) is 4.79 Å². The quantitative estimate of drug-likeness (QED) is 0.799. The summed E-state index contributed by atoms with van der Waals surface area (Å²) in [5, 5.41) is 8.56. The third kappa shape index (κ3) is 5.75. The maximum atomic E-state index is 12.4. The summed E-state index contributed by atoms with van der Waals surface area (Å²) in [6, 6.07) is 10.0. The number of nitrogens with zero attached hydrogens (tertiary/aromatic N) is 2. The molecule has 0 radical (unpaired) electrons. The van der Waals surface area contributed by atoms with E-state index in [0.29, 0.717) is 23.6 Å². The summed E-state index contributed by atoms with van der Waals surface area (Å²) >= 11 is 0. The molecule has 2 aromatic rings. The maximum Gasteiger partial charge on any atom is 0.382 e. The molecular formula is C20H20N2O5. The molecule has 1 aromatic heterocycles. The molecule has 0 aliphatic carbocycles. The van der Waals surface area contributed by atoms with E-state index in [2.05, 4.69) is 11.8 Å². The molecule has 0 unspecified atom stereocenters. The van der Waals surface area contributed by atoms with Crippen LogP contribution in [-0.4, -0.2) is 47.2 Å². The number of aliphatic carboxylic acids is 1. The minimum atomic E-state index is -1.18. The average Bonchev–Trinajstić information content (AvgIpc) is 2.61. The van der Waals surface area contributed by atoms with Crippen LogP contribution < -0.4 is 10.3 Å². The minimum Gasteiger partial charge on any atom is -0.484 e. The molecule has 1 amide bonds. The van der Waals surface area contributed by atoms with Crippen molar-refractivity contribution in [3.8, 4) is 17.6 Å². The number of benzene rings is 1. The Morgan fingerprint density at radius 3 is 2.41 bits per heavy atom. The number of carboxylic acid groups (broad SMARTS) is 1. The first-order chi connectivity index (χ1) is 12.8. The maximum absolute atomic E-state index is 12.4. The number of ether oxygens (including phenoxy) is 1. The van der Waals surface area contributed by atoms with E-state index in [0.717, 1.165) is 5.56 Å². The molecule has 0 saturated heterocycles. The van der Waals surface area contributed by atoms with Crippen LogP contribution in [-0.2, 0) is 16.1 Å². The molecular weight excluding hydrogens is 348 g/mol. The highest BCUT2D eigenvalue weighted by atomic mass is 16.5. The molecule has 1 N–H and O–H groups in total. The Kier molecular flexibility index (Phi) is 6.39. The Bertz CT molecular complexity index is 963. The summed E-state index contributed by atoms with van der Waals surface area (Å²) in [5.41, 5.74) is 1.92. The highest BCUT2D eigenvalue weighted by molar-refractivity contribution is 5.87. The monoisotopic (exact) mass is 368 g/mol. The molecule has 140 valence electrons. The third-order valence-corrected chi connectivity index (χ3v) is 3.78. The van der Waals surface area contributed by atoms with Crippen LogP contribution >= 0.6 is 0 Å². The molecule has 0 spiro atoms. The van der Waals surface area contributed by atoms with Crippen molar-refractivity contribution in [2.75, 3.05) is 20.7 Å². The average molecular weight is 368 g/mol. The summed E-state index contributed by atoms with van der Waals surface area (Å²) in [4.78, 5) is 35.8. The highest BCUT2D eigenvalue weighted by Gasteiger charge is 2.09. The van der Waals surface area contributed by atoms with Crippen molar-refractivity contribution in [2.24, 2.45) is 0 Å². The van der Waals surface area contributed by atoms with Crippen LogP contribution in [0.25, 0.3) is 0 Å². The van der Waals surface area contributed by atoms with Gasteiger partial charge in [0.2, 0.25) is 0 Å². The van der Waals surface area contributed by atoms with Crippen LogP contribution in [0.2, 0.25) is 0 Å². The number of aryl methyl sites for hydroxylation is 1. The van der Waals surface area contributed by atoms with Crippen molar-refractivity contribution >= 4 is 11.9 Å². The van der Waals surface area contributed by atoms with E-state index in [9.17, 15) is 14.4 Å². The lowest BCUT2D eigenvalue weighted by Crippen LogP contribution is -2.28. The molecule has 0 fully saturated rings. The van der Waals surface area contributed by atoms with E-state index in [1.165, 1.54) is 11.0 Å². The topological polar surface area (TPSA) is 88.8 Å². The lowest BCUT2D eigenvalue weighted by Gasteiger charge is -2.14. The fourth-order valence-electron chi connectivity index (χ4n) is 2.26. The molecule has 1 aromatic carbocycles. The van der Waals surface area contributed by atoms with Crippen LogP contribution in [0, 0.1) is 18.8 Å². The van der Waals surface area contributed by atoms with Gasteiger partial charge in [-0.05, 0) is 30.7 Å². The van der Waals surface area contributed by atoms with Crippen molar-refractivity contribution in [3.05, 3.63) is 63.6 Å². The van der Waals surface area contributed by atoms with Gasteiger partial charge < -0.3 is 19.3 Å². The second kappa shape index (κ2) is 8.72. The third-order valence-electron chi connectivity index (χ3n) is 3.78. The van der Waals surface area contributed by atoms with Crippen LogP contribution in [0.1, 0.15) is 16.8 Å². The molecule has 2 rings (SSSR count). The lowest BCUT2D eigenvalue weighted by atomic mass is 10.1. The van der Waals surface area contributed by atoms with Crippen LogP contribution in [0.4, 0.5) is 0 Å². The van der Waals surface area contributed by atoms with Gasteiger partial charge in [-0.1, -0.05) is 18.1 Å². The lowest BCUT2D eigenvalue weighted by molar-refractivity contribution is -0.131. The molecule has 1 heterocycles. The molecule has 7 heteroatoms. The van der Waals surface area contributed by atoms with Gasteiger partial charge >= 0.3 is 5.97 Å². The predicted molar refractivity (Wildman–Crippen MR) is 99.7 cm³/mol. The van der Waals surface area contributed by atoms with Crippen LogP contribution in [0.15, 0.2) is 41.2 Å². The van der Waals surface area contributed by atoms with Crippen molar-refractivity contribution in [1.82, 2.24) is 9.47 Å². The van der Waals surface area contributed by atoms with E-state index in [1.807, 2.05) is 0 Å². The first-order valence-electron chi connectivity index (χ1n) is 8.14. The Morgan fingerprint density at radius 1 is 1.19 bits per heavy atom. The predicted octanol–water partition coefficient (Wildman–Crippen LogP) is 1.11. The standard InChI is InChI=1S/C20H20N2O5/c1-14-10-17(27-13-19(24)21(2)3)11-18(23)22(14)12-16-6-4-15(5-7-16)8-9-20(25)26/h4-7,10-11H,12-13H2,1-3H3,(H,25,26). The fraction of sp³-hybridized carbons (Fsp3) is 0.250. The fourth-order valence-corrected chi connectivity index (χ4v) is 2.26. The largest absolute Gasteiger partial charge is 0.484 e. The first-order valence-corrected chi connectivity index (χ1v) is 8.14. The van der Waals surface area contributed by atoms with Gasteiger partial charge in [-0.15, -0.1) is 0 Å². The van der Waals surface area contributed by atoms with Crippen LogP contribution in [0.3, 0.4) is 0 Å². The van der Waals surface area contributed by atoms with Gasteiger partial charge in [0.1, 0.15) is 5.75 Å². The summed E-state index contributed by atoms with van der Waals surface area (Å²) in [5.74, 6) is 3.56. The van der Waals surface area contributed by atoms with E-state index >= 15 is 0 Å². The van der Waals surface area contributed by atoms with Gasteiger partial charge in [0, 0.05) is 37.3 Å². The zero-order valence-electron chi connectivity index (χ0n) is 15.4. The van der Waals surface area contributed by atoms with Crippen LogP contribution in [0.5, 0.6) is 5.75 Å². The number of hydrogen-bond acceptors (Lipinski definition) is 4. The molecule has 0 aliphatic heterocycles. The number of pyridine rings is 1. The van der Waals surface area contributed by atoms with Crippen molar-refractivity contribution in [1.29, 1.82) is 0 Å². The SMILES string of the molecule is Cc1cc(OCC(=O)N(C)C)cc(=O)n1Cc1ccc(C#CC(=O)O)cc1. The Balaban J connectivity index is 2.13. The summed E-state index contributed by atoms with van der Waals surface area (Å²) in [6.45, 7) is 2.01. The normalized spacial score (nSPS) is 9.89. The number of carboxylic acids is 1. The van der Waals surface area contributed by atoms with Crippen molar-refractivity contribution < 1.29 is 19.4 Å². The van der Waals surface area contributed by atoms with E-state index in [-0.39, 0.29) is 18.1 Å². The van der Waals surface area contributed by atoms with E-state index in [4.69, 9.17) is 9.84 Å². The van der Waals surface area contributed by atoms with Crippen molar-refractivity contribution in [2.45, 2.75) is 13.5 Å². The van der Waals surface area contributed by atoms with Gasteiger partial charge in [0.05, 0.1) is 6.54 Å². The number of amides is 1. The van der Waals surface area contributed by atoms with Crippen molar-refractivity contribution in [3.63, 3.8) is 0 Å². The zero-order valence-corrected chi connectivity index (χ0v) is 15.4. The Hall–Kier alpha value is -3.53. The second-order valence-corrected chi connectivity index (χ2v) is 6.09. The number of hydrogen-bond donors (Lipinski definition) is 1. The smallest absolute Gasteiger partial charge is 0.382 e. The Morgan fingerprint density at radius 2 is 1.85 bits per heavy atom. The van der Waals surface area contributed by atoms with E-state index in [1.54, 1.807) is 55.9 Å². The number of likely N-dealkylation sites (N-methyl/N-ethyl adjacent to an activating group) is 1. The number of carbonyl (C=O) groups excluding carboxylic acids is 1. The minimum absolute atomic E-state index is 0.130. The Labute approximate surface area is 156 Å². The van der Waals surface area contributed by atoms with Gasteiger partial charge in [0.15, 0.2) is 6.61 Å². The van der Waals surface area contributed by atoms with Gasteiger partial charge in [-0.2, -0.15) is 0 Å². The summed E-state index contributed by atoms with van der Waals surface area (Å²) in [6.07, 6.45) is 0. The summed E-state index contributed by atoms with van der Waals surface area (Å²) in [7, 11) is 3.26. The van der Waals surface area contributed by atoms with Gasteiger partial charge in [-0.3, -0.25) is 9.59 Å². The highest BCUT2D eigenvalue weighted by Crippen LogP contribution is 2.12. The number of rotatable bonds is 5. The van der Waals surface area contributed by atoms with Gasteiger partial charge in [0.25, 0.3) is 11.5 Å². The first kappa shape index (κ1) is 19.8.